The van der Waals surface area contributed by atoms with Gasteiger partial charge in [-0.15, -0.1) is 0 Å². The fourth-order valence-corrected chi connectivity index (χ4v) is 0. The molecule has 0 fully saturated rings. The molecule has 0 aromatic rings. The van der Waals surface area contributed by atoms with E-state index in [1.807, 2.05) is 58.9 Å². The van der Waals surface area contributed by atoms with Crippen molar-refractivity contribution in [1.29, 1.82) is 0 Å². The molecule has 0 heterocycles. The third-order valence-electron chi connectivity index (χ3n) is 0. The average molecular weight is 326 g/mol. The maximum atomic E-state index is 8.66. The second-order valence-electron chi connectivity index (χ2n) is 6.51. The molecular weight excluding hydrogens is 296 g/mol. The van der Waals surface area contributed by atoms with Gasteiger partial charge in [0.25, 0.3) is 0 Å². The number of hydrogen-bond acceptors (Lipinski definition) is 3. The molecule has 0 radical (unpaired) electrons. The topological polar surface area (TPSA) is 60.7 Å². The van der Waals surface area contributed by atoms with Crippen molar-refractivity contribution in [3.05, 3.63) is 0 Å². The molecule has 104 valence electrons. The molecule has 0 saturated heterocycles. The van der Waals surface area contributed by atoms with Crippen LogP contribution in [-0.2, 0) is 17.1 Å². The van der Waals surface area contributed by atoms with Gasteiger partial charge in [-0.2, -0.15) is 0 Å². The fourth-order valence-electron chi connectivity index (χ4n) is 0. The van der Waals surface area contributed by atoms with E-state index in [0.717, 1.165) is 0 Å². The molecule has 0 aliphatic rings. The zero-order valence-electron chi connectivity index (χ0n) is 12.2. The van der Waals surface area contributed by atoms with Crippen LogP contribution in [0, 0.1) is 0 Å². The van der Waals surface area contributed by atoms with Crippen LogP contribution in [0.4, 0.5) is 0 Å². The predicted molar refractivity (Wildman–Crippen MR) is 76.7 cm³/mol. The van der Waals surface area contributed by atoms with Gasteiger partial charge in [0.1, 0.15) is 0 Å². The van der Waals surface area contributed by atoms with E-state index >= 15 is 0 Å². The molecule has 7 heteroatoms. The van der Waals surface area contributed by atoms with Crippen molar-refractivity contribution in [2.45, 2.75) is 58.9 Å². The van der Waals surface area contributed by atoms with Crippen LogP contribution in [0.2, 0.25) is 58.9 Å². The molecule has 0 aliphatic heterocycles. The van der Waals surface area contributed by atoms with Crippen LogP contribution in [0.3, 0.4) is 0 Å². The Hall–Kier alpha value is 1.05. The van der Waals surface area contributed by atoms with Gasteiger partial charge < -0.3 is 14.4 Å². The van der Waals surface area contributed by atoms with E-state index in [2.05, 4.69) is 0 Å². The first kappa shape index (κ1) is 25.8. The van der Waals surface area contributed by atoms with Crippen LogP contribution in [0.15, 0.2) is 0 Å². The summed E-state index contributed by atoms with van der Waals surface area (Å²) in [6, 6.07) is 0. The second kappa shape index (κ2) is 10.0. The van der Waals surface area contributed by atoms with Crippen molar-refractivity contribution in [3.8, 4) is 0 Å². The third kappa shape index (κ3) is 2690. The molecule has 0 bridgehead atoms. The van der Waals surface area contributed by atoms with Crippen LogP contribution < -0.4 is 0 Å². The van der Waals surface area contributed by atoms with Gasteiger partial charge in [-0.1, -0.05) is 0 Å². The molecule has 0 rings (SSSR count). The monoisotopic (exact) mass is 326 g/mol. The van der Waals surface area contributed by atoms with Crippen molar-refractivity contribution in [3.63, 3.8) is 0 Å². The summed E-state index contributed by atoms with van der Waals surface area (Å²) in [6.07, 6.45) is 0. The average Bonchev–Trinajstić information content (AvgIpc) is 1.41. The normalized spacial score (nSPS) is 11.2. The molecule has 0 spiro atoms. The summed E-state index contributed by atoms with van der Waals surface area (Å²) < 4.78 is 0. The zero-order valence-corrected chi connectivity index (χ0v) is 16.3. The maximum Gasteiger partial charge on any atom is 0.179 e. The first-order valence-corrected chi connectivity index (χ1v) is 15.5. The van der Waals surface area contributed by atoms with Gasteiger partial charge in [0.2, 0.25) is 0 Å². The molecule has 3 nitrogen and oxygen atoms in total. The van der Waals surface area contributed by atoms with Crippen LogP contribution in [0.5, 0.6) is 0 Å². The Bertz CT molecular complexity index is 101. The van der Waals surface area contributed by atoms with Crippen molar-refractivity contribution < 1.29 is 31.5 Å². The molecule has 0 aromatic heterocycles. The van der Waals surface area contributed by atoms with E-state index in [1.54, 1.807) is 0 Å². The van der Waals surface area contributed by atoms with Crippen molar-refractivity contribution in [1.82, 2.24) is 0 Å². The van der Waals surface area contributed by atoms with Crippen LogP contribution >= 0.6 is 0 Å². The first-order valence-electron chi connectivity index (χ1n) is 5.17. The minimum Gasteiger partial charge on any atom is -0.433 e. The molecule has 0 atom stereocenters. The zero-order chi connectivity index (χ0) is 13.5. The minimum atomic E-state index is -1.61. The summed E-state index contributed by atoms with van der Waals surface area (Å²) in [6.45, 7) is 16.9. The maximum absolute atomic E-state index is 8.66. The van der Waals surface area contributed by atoms with E-state index in [1.165, 1.54) is 0 Å². The molecule has 0 aromatic carbocycles. The SMILES string of the molecule is C[Si](C)(C)O.C[Si](C)(C)O.C[Si](C)(C)O.[Fe]. The molecule has 0 aliphatic carbocycles. The van der Waals surface area contributed by atoms with Gasteiger partial charge >= 0.3 is 0 Å². The Kier molecular flexibility index (Phi) is 16.1. The summed E-state index contributed by atoms with van der Waals surface area (Å²) in [7, 11) is -4.83. The van der Waals surface area contributed by atoms with E-state index < -0.39 is 25.0 Å². The van der Waals surface area contributed by atoms with Gasteiger partial charge in [-0.05, 0) is 58.9 Å². The van der Waals surface area contributed by atoms with Gasteiger partial charge in [0, 0.05) is 17.1 Å². The molecule has 0 amide bonds. The predicted octanol–water partition coefficient (Wildman–Crippen LogP) is 2.44. The van der Waals surface area contributed by atoms with Crippen LogP contribution in [0.25, 0.3) is 0 Å². The van der Waals surface area contributed by atoms with Crippen LogP contribution in [0.1, 0.15) is 0 Å². The van der Waals surface area contributed by atoms with Crippen molar-refractivity contribution >= 4 is 25.0 Å². The Morgan fingerprint density at radius 2 is 0.438 bits per heavy atom. The van der Waals surface area contributed by atoms with E-state index in [-0.39, 0.29) is 17.1 Å². The Labute approximate surface area is 115 Å². The number of rotatable bonds is 0. The second-order valence-corrected chi connectivity index (χ2v) is 19.5. The van der Waals surface area contributed by atoms with E-state index in [0.29, 0.717) is 0 Å². The van der Waals surface area contributed by atoms with Crippen molar-refractivity contribution in [2.75, 3.05) is 0 Å². The molecular formula is C9H30FeO3Si3. The summed E-state index contributed by atoms with van der Waals surface area (Å²) in [4.78, 5) is 26.0. The molecule has 16 heavy (non-hydrogen) atoms. The van der Waals surface area contributed by atoms with Gasteiger partial charge in [-0.25, -0.2) is 0 Å². The number of hydrogen-bond donors (Lipinski definition) is 3. The molecule has 0 saturated carbocycles. The van der Waals surface area contributed by atoms with Gasteiger partial charge in [0.05, 0.1) is 0 Å². The summed E-state index contributed by atoms with van der Waals surface area (Å²) in [5.74, 6) is 0. The van der Waals surface area contributed by atoms with Gasteiger partial charge in [0.15, 0.2) is 25.0 Å². The molecule has 3 N–H and O–H groups in total. The largest absolute Gasteiger partial charge is 0.433 e. The van der Waals surface area contributed by atoms with E-state index in [9.17, 15) is 0 Å². The van der Waals surface area contributed by atoms with E-state index in [4.69, 9.17) is 14.4 Å². The summed E-state index contributed by atoms with van der Waals surface area (Å²) >= 11 is 0. The Balaban J connectivity index is -0.0000000655. The third-order valence-corrected chi connectivity index (χ3v) is 0. The first-order chi connectivity index (χ1) is 6.00. The minimum absolute atomic E-state index is 0. The van der Waals surface area contributed by atoms with Gasteiger partial charge in [-0.3, -0.25) is 0 Å². The molecule has 0 unspecified atom stereocenters. The Morgan fingerprint density at radius 3 is 0.438 bits per heavy atom. The van der Waals surface area contributed by atoms with Crippen LogP contribution in [-0.4, -0.2) is 39.3 Å². The van der Waals surface area contributed by atoms with Crippen molar-refractivity contribution in [2.24, 2.45) is 0 Å². The smallest absolute Gasteiger partial charge is 0.179 e. The standard InChI is InChI=1S/3C3H10OSi.Fe/c3*1-5(2,3)4;/h3*4H,1-3H3;. The summed E-state index contributed by atoms with van der Waals surface area (Å²) in [5, 5.41) is 0. The summed E-state index contributed by atoms with van der Waals surface area (Å²) in [5.41, 5.74) is 0. The quantitative estimate of drug-likeness (QED) is 0.599. The Morgan fingerprint density at radius 1 is 0.438 bits per heavy atom. The fraction of sp³-hybridized carbons (Fsp3) is 1.00.